The summed E-state index contributed by atoms with van der Waals surface area (Å²) >= 11 is 0. The predicted molar refractivity (Wildman–Crippen MR) is 259 cm³/mol. The van der Waals surface area contributed by atoms with E-state index in [9.17, 15) is 43.5 Å². The highest BCUT2D eigenvalue weighted by atomic mass is 16.3. The monoisotopic (exact) mass is 944 g/mol. The molecule has 3 aromatic rings. The number of anilines is 1. The second kappa shape index (κ2) is 27.5. The number of guanidine groups is 1. The van der Waals surface area contributed by atoms with Gasteiger partial charge in [0.25, 0.3) is 5.91 Å². The molecule has 0 saturated heterocycles. The van der Waals surface area contributed by atoms with E-state index in [1.54, 1.807) is 26.0 Å². The minimum Gasteiger partial charge on any atom is -0.398 e. The number of aliphatic hydroxyl groups excluding tert-OH is 1. The summed E-state index contributed by atoms with van der Waals surface area (Å²) in [4.78, 5) is 112. The number of nitrogens with zero attached hydrogens (tertiary/aromatic N) is 1. The highest BCUT2D eigenvalue weighted by Crippen LogP contribution is 2.22. The number of Topliss-reactive ketones (excluding diaryl/α,β-unsaturated/α-hetero) is 1. The molecule has 0 saturated carbocycles. The van der Waals surface area contributed by atoms with E-state index in [-0.39, 0.29) is 62.3 Å². The number of carbonyl (C=O) groups excluding carboxylic acids is 8. The summed E-state index contributed by atoms with van der Waals surface area (Å²) in [6, 6.07) is 12.9. The number of unbranched alkanes of at least 4 members (excludes halogenated alkanes) is 1. The quantitative estimate of drug-likeness (QED) is 0.0198. The van der Waals surface area contributed by atoms with Crippen molar-refractivity contribution in [2.24, 2.45) is 39.8 Å². The molecular formula is C48H69N11O9. The maximum Gasteiger partial charge on any atom is 0.254 e. The van der Waals surface area contributed by atoms with Gasteiger partial charge in [0.2, 0.25) is 35.4 Å². The van der Waals surface area contributed by atoms with Crippen molar-refractivity contribution in [3.05, 3.63) is 77.9 Å². The molecule has 0 heterocycles. The highest BCUT2D eigenvalue weighted by Gasteiger charge is 2.36. The van der Waals surface area contributed by atoms with Crippen molar-refractivity contribution in [2.45, 2.75) is 128 Å². The predicted octanol–water partition coefficient (Wildman–Crippen LogP) is 0.699. The van der Waals surface area contributed by atoms with Gasteiger partial charge < -0.3 is 60.4 Å². The number of para-hydroxylation sites is 1. The molecule has 0 aromatic heterocycles. The van der Waals surface area contributed by atoms with Crippen LogP contribution >= 0.6 is 0 Å². The summed E-state index contributed by atoms with van der Waals surface area (Å²) in [5.74, 6) is -7.72. The first-order valence-corrected chi connectivity index (χ1v) is 22.9. The van der Waals surface area contributed by atoms with Gasteiger partial charge in [0.1, 0.15) is 24.2 Å². The third-order valence-corrected chi connectivity index (χ3v) is 11.6. The van der Waals surface area contributed by atoms with Crippen molar-refractivity contribution >= 4 is 69.6 Å². The van der Waals surface area contributed by atoms with E-state index < -0.39 is 102 Å². The number of hydrogen-bond donors (Lipinski definition) is 11. The number of primary amides is 2. The molecular weight excluding hydrogens is 875 g/mol. The van der Waals surface area contributed by atoms with Gasteiger partial charge in [0.15, 0.2) is 11.7 Å². The number of fused-ring (bicyclic) bond motifs is 1. The largest absolute Gasteiger partial charge is 0.398 e. The minimum absolute atomic E-state index is 0.0162. The maximum atomic E-state index is 14.5. The molecule has 0 aliphatic heterocycles. The molecule has 370 valence electrons. The first-order valence-electron chi connectivity index (χ1n) is 22.9. The number of amides is 7. The second-order valence-electron chi connectivity index (χ2n) is 17.1. The Morgan fingerprint density at radius 2 is 1.28 bits per heavy atom. The molecule has 0 spiro atoms. The molecule has 68 heavy (non-hydrogen) atoms. The first kappa shape index (κ1) is 55.2. The Bertz CT molecular complexity index is 2270. The number of benzene rings is 3. The molecule has 20 nitrogen and oxygen atoms in total. The number of rotatable bonds is 29. The van der Waals surface area contributed by atoms with Crippen molar-refractivity contribution in [1.29, 1.82) is 0 Å². The minimum atomic E-state index is -1.49. The highest BCUT2D eigenvalue weighted by molar-refractivity contribution is 6.02. The molecule has 8 atom stereocenters. The lowest BCUT2D eigenvalue weighted by atomic mass is 9.88. The molecule has 3 aromatic carbocycles. The Morgan fingerprint density at radius 3 is 1.90 bits per heavy atom. The van der Waals surface area contributed by atoms with Crippen LogP contribution in [0.5, 0.6) is 0 Å². The molecule has 0 aliphatic rings. The number of carbonyl (C=O) groups is 8. The summed E-state index contributed by atoms with van der Waals surface area (Å²) in [7, 11) is 0. The zero-order valence-corrected chi connectivity index (χ0v) is 39.3. The maximum absolute atomic E-state index is 14.5. The van der Waals surface area contributed by atoms with Gasteiger partial charge in [-0.2, -0.15) is 0 Å². The molecule has 7 amide bonds. The van der Waals surface area contributed by atoms with Gasteiger partial charge in [-0.25, -0.2) is 0 Å². The smallest absolute Gasteiger partial charge is 0.254 e. The number of hydrogen-bond acceptors (Lipinski definition) is 11. The lowest BCUT2D eigenvalue weighted by Crippen LogP contribution is -2.59. The average molecular weight is 944 g/mol. The summed E-state index contributed by atoms with van der Waals surface area (Å²) in [5.41, 5.74) is 28.7. The molecule has 1 unspecified atom stereocenters. The molecule has 0 bridgehead atoms. The van der Waals surface area contributed by atoms with Gasteiger partial charge in [-0.3, -0.25) is 43.3 Å². The van der Waals surface area contributed by atoms with Gasteiger partial charge in [-0.1, -0.05) is 94.6 Å². The van der Waals surface area contributed by atoms with Crippen LogP contribution in [0.2, 0.25) is 0 Å². The van der Waals surface area contributed by atoms with Crippen molar-refractivity contribution < 1.29 is 43.5 Å². The van der Waals surface area contributed by atoms with Crippen LogP contribution in [0.15, 0.2) is 71.7 Å². The van der Waals surface area contributed by atoms with E-state index in [1.165, 1.54) is 19.1 Å². The topological polar surface area (TPSA) is 359 Å². The van der Waals surface area contributed by atoms with E-state index in [0.717, 1.165) is 10.8 Å². The molecule has 0 fully saturated rings. The van der Waals surface area contributed by atoms with Crippen molar-refractivity contribution in [3.8, 4) is 0 Å². The number of nitrogens with one attached hydrogen (secondary N) is 5. The van der Waals surface area contributed by atoms with E-state index in [0.29, 0.717) is 24.8 Å². The molecule has 16 N–H and O–H groups in total. The third kappa shape index (κ3) is 17.6. The Labute approximate surface area is 396 Å². The lowest BCUT2D eigenvalue weighted by molar-refractivity contribution is -0.136. The van der Waals surface area contributed by atoms with E-state index in [1.807, 2.05) is 49.4 Å². The van der Waals surface area contributed by atoms with Crippen molar-refractivity contribution in [3.63, 3.8) is 0 Å². The number of nitrogen functional groups attached to an aromatic ring is 1. The third-order valence-electron chi connectivity index (χ3n) is 11.6. The average Bonchev–Trinajstić information content (AvgIpc) is 3.29. The number of nitrogens with two attached hydrogens (primary N) is 5. The lowest BCUT2D eigenvalue weighted by Gasteiger charge is -2.29. The van der Waals surface area contributed by atoms with E-state index in [2.05, 4.69) is 31.6 Å². The first-order chi connectivity index (χ1) is 32.2. The van der Waals surface area contributed by atoms with E-state index >= 15 is 0 Å². The summed E-state index contributed by atoms with van der Waals surface area (Å²) in [6.07, 6.45) is -0.287. The number of ketones is 1. The van der Waals surface area contributed by atoms with Gasteiger partial charge in [-0.05, 0) is 73.4 Å². The zero-order valence-electron chi connectivity index (χ0n) is 39.3. The van der Waals surface area contributed by atoms with Crippen LogP contribution in [0.1, 0.15) is 101 Å². The molecule has 20 heteroatoms. The normalized spacial score (nSPS) is 14.6. The molecule has 0 radical (unpaired) electrons. The molecule has 3 rings (SSSR count). The van der Waals surface area contributed by atoms with Crippen molar-refractivity contribution in [2.75, 3.05) is 12.3 Å². The van der Waals surface area contributed by atoms with Gasteiger partial charge >= 0.3 is 0 Å². The van der Waals surface area contributed by atoms with Crippen LogP contribution in [-0.4, -0.2) is 101 Å². The zero-order chi connectivity index (χ0) is 50.5. The SMILES string of the molecule is CCCC[C@H](NC(=O)[C@@H](NC(=O)[C@@H](NC(=O)c1ccccc1N)[C@@H](C)O)[C@@H](C)CC)C(=O)CC(Cc1ccc2ccccc2c1)C(=O)N[C@@H](CCC(N)=O)C(=O)N[C@@H](CCCN=C(N)N)C(N)=O. The Balaban J connectivity index is 1.94. The Kier molecular flexibility index (Phi) is 22.4. The molecule has 0 aliphatic carbocycles. The fraction of sp³-hybridized carbons (Fsp3) is 0.479. The van der Waals surface area contributed by atoms with Crippen LogP contribution in [0, 0.1) is 11.8 Å². The van der Waals surface area contributed by atoms with E-state index in [4.69, 9.17) is 28.7 Å². The second-order valence-corrected chi connectivity index (χ2v) is 17.1. The van der Waals surface area contributed by atoms with Crippen LogP contribution in [0.4, 0.5) is 5.69 Å². The van der Waals surface area contributed by atoms with Gasteiger partial charge in [-0.15, -0.1) is 0 Å². The fourth-order valence-corrected chi connectivity index (χ4v) is 7.46. The van der Waals surface area contributed by atoms with Gasteiger partial charge in [0, 0.05) is 31.0 Å². The summed E-state index contributed by atoms with van der Waals surface area (Å²) in [5, 5.41) is 25.6. The number of aliphatic imine (C=N–C) groups is 1. The van der Waals surface area contributed by atoms with Crippen LogP contribution < -0.4 is 55.3 Å². The van der Waals surface area contributed by atoms with Crippen molar-refractivity contribution in [1.82, 2.24) is 26.6 Å². The summed E-state index contributed by atoms with van der Waals surface area (Å²) in [6.45, 7) is 6.89. The Hall–Kier alpha value is -7.09. The van der Waals surface area contributed by atoms with Crippen LogP contribution in [0.3, 0.4) is 0 Å². The van der Waals surface area contributed by atoms with Crippen LogP contribution in [-0.2, 0) is 40.0 Å². The standard InChI is InChI=1S/C48H69N11O9/c1-5-7-17-35(55-46(67)40(27(3)6-2)58-47(68)41(28(4)60)59-44(65)33-15-10-11-16-34(33)49)38(61)26-32(25-29-19-20-30-13-8-9-14-31(30)24-29)43(64)57-37(21-22-39(50)62)45(66)56-36(42(51)63)18-12-23-54-48(52)53/h8-11,13-16,19-20,24,27-28,32,35-37,40-41,60H,5-7,12,17-18,21-23,25-26,49H2,1-4H3,(H2,50,62)(H2,51,63)(H,55,67)(H,56,66)(H,57,64)(H,58,68)(H,59,65)(H4,52,53,54)/t27-,28+,32?,35-,36-,37-,40-,41-/m0/s1. The van der Waals surface area contributed by atoms with Crippen LogP contribution in [0.25, 0.3) is 10.8 Å². The Morgan fingerprint density at radius 1 is 0.662 bits per heavy atom. The van der Waals surface area contributed by atoms with Gasteiger partial charge in [0.05, 0.1) is 17.7 Å². The fourth-order valence-electron chi connectivity index (χ4n) is 7.46. The summed E-state index contributed by atoms with van der Waals surface area (Å²) < 4.78 is 0. The number of aliphatic hydroxyl groups is 1.